The van der Waals surface area contributed by atoms with Crippen molar-refractivity contribution < 1.29 is 13.2 Å². The van der Waals surface area contributed by atoms with Crippen molar-refractivity contribution in [2.45, 2.75) is 12.7 Å². The van der Waals surface area contributed by atoms with Gasteiger partial charge < -0.3 is 5.73 Å². The van der Waals surface area contributed by atoms with Crippen LogP contribution in [0.15, 0.2) is 18.2 Å². The van der Waals surface area contributed by atoms with Crippen LogP contribution in [-0.4, -0.2) is 9.78 Å². The smallest absolute Gasteiger partial charge is 0.326 e. The van der Waals surface area contributed by atoms with Crippen LogP contribution in [0, 0.1) is 0 Å². The fourth-order valence-electron chi connectivity index (χ4n) is 1.78. The summed E-state index contributed by atoms with van der Waals surface area (Å²) in [6.07, 6.45) is -4.41. The predicted octanol–water partition coefficient (Wildman–Crippen LogP) is 2.05. The summed E-state index contributed by atoms with van der Waals surface area (Å²) < 4.78 is 39.1. The van der Waals surface area contributed by atoms with Crippen molar-refractivity contribution in [3.8, 4) is 0 Å². The quantitative estimate of drug-likeness (QED) is 0.813. The molecule has 6 heteroatoms. The first kappa shape index (κ1) is 10.9. The third-order valence-electron chi connectivity index (χ3n) is 2.44. The number of alkyl halides is 3. The van der Waals surface area contributed by atoms with Gasteiger partial charge in [0.05, 0.1) is 5.52 Å². The number of nitrogens with two attached hydrogens (primary N) is 1. The Labute approximate surface area is 89.7 Å². The maximum atomic E-state index is 12.8. The molecule has 0 saturated heterocycles. The number of hydrogen-bond donors (Lipinski definition) is 1. The van der Waals surface area contributed by atoms with Gasteiger partial charge in [-0.05, 0) is 5.56 Å². The van der Waals surface area contributed by atoms with E-state index in [-0.39, 0.29) is 11.9 Å². The molecular weight excluding hydrogens is 219 g/mol. The van der Waals surface area contributed by atoms with Crippen molar-refractivity contribution >= 4 is 10.9 Å². The molecule has 2 N–H and O–H groups in total. The summed E-state index contributed by atoms with van der Waals surface area (Å²) in [6.45, 7) is 0.172. The minimum absolute atomic E-state index is 0.0953. The summed E-state index contributed by atoms with van der Waals surface area (Å²) in [5.74, 6) is 0. The Morgan fingerprint density at radius 2 is 2.06 bits per heavy atom. The van der Waals surface area contributed by atoms with Crippen LogP contribution < -0.4 is 5.73 Å². The summed E-state index contributed by atoms with van der Waals surface area (Å²) >= 11 is 0. The first-order chi connectivity index (χ1) is 7.45. The Morgan fingerprint density at radius 3 is 2.62 bits per heavy atom. The lowest BCUT2D eigenvalue weighted by Gasteiger charge is -2.06. The average molecular weight is 229 g/mol. The second-order valence-electron chi connectivity index (χ2n) is 3.49. The highest BCUT2D eigenvalue weighted by atomic mass is 19.4. The van der Waals surface area contributed by atoms with E-state index in [0.717, 1.165) is 4.68 Å². The number of rotatable bonds is 1. The number of benzene rings is 1. The molecule has 0 aliphatic rings. The van der Waals surface area contributed by atoms with Crippen LogP contribution in [0.25, 0.3) is 10.9 Å². The zero-order valence-electron chi connectivity index (χ0n) is 8.54. The van der Waals surface area contributed by atoms with Gasteiger partial charge in [-0.15, -0.1) is 0 Å². The SMILES string of the molecule is Cn1nc2c(CN)cccc2c1C(F)(F)F. The zero-order chi connectivity index (χ0) is 11.9. The Balaban J connectivity index is 2.81. The molecule has 0 amide bonds. The van der Waals surface area contributed by atoms with E-state index in [2.05, 4.69) is 5.10 Å². The molecule has 2 rings (SSSR count). The van der Waals surface area contributed by atoms with Crippen LogP contribution in [0.2, 0.25) is 0 Å². The predicted molar refractivity (Wildman–Crippen MR) is 53.6 cm³/mol. The number of fused-ring (bicyclic) bond motifs is 1. The van der Waals surface area contributed by atoms with Crippen molar-refractivity contribution in [2.24, 2.45) is 12.8 Å². The first-order valence-corrected chi connectivity index (χ1v) is 4.67. The molecule has 1 heterocycles. The van der Waals surface area contributed by atoms with Crippen LogP contribution in [0.5, 0.6) is 0 Å². The average Bonchev–Trinajstić information content (AvgIpc) is 2.52. The van der Waals surface area contributed by atoms with Gasteiger partial charge in [-0.3, -0.25) is 4.68 Å². The van der Waals surface area contributed by atoms with Crippen LogP contribution in [0.1, 0.15) is 11.3 Å². The molecule has 0 atom stereocenters. The molecule has 1 aromatic heterocycles. The van der Waals surface area contributed by atoms with E-state index < -0.39 is 11.9 Å². The molecule has 16 heavy (non-hydrogen) atoms. The lowest BCUT2D eigenvalue weighted by atomic mass is 10.1. The summed E-state index contributed by atoms with van der Waals surface area (Å²) in [5.41, 5.74) is 5.65. The van der Waals surface area contributed by atoms with Gasteiger partial charge in [-0.25, -0.2) is 0 Å². The molecule has 2 aromatic rings. The van der Waals surface area contributed by atoms with E-state index >= 15 is 0 Å². The molecule has 0 radical (unpaired) electrons. The third-order valence-corrected chi connectivity index (χ3v) is 2.44. The number of aryl methyl sites for hydroxylation is 1. The van der Waals surface area contributed by atoms with E-state index in [0.29, 0.717) is 11.1 Å². The fraction of sp³-hybridized carbons (Fsp3) is 0.300. The van der Waals surface area contributed by atoms with Crippen molar-refractivity contribution in [1.82, 2.24) is 9.78 Å². The second-order valence-corrected chi connectivity index (χ2v) is 3.49. The van der Waals surface area contributed by atoms with Gasteiger partial charge in [0.2, 0.25) is 0 Å². The Hall–Kier alpha value is -1.56. The van der Waals surface area contributed by atoms with Gasteiger partial charge in [-0.1, -0.05) is 18.2 Å². The first-order valence-electron chi connectivity index (χ1n) is 4.67. The molecule has 0 fully saturated rings. The highest BCUT2D eigenvalue weighted by Gasteiger charge is 2.37. The van der Waals surface area contributed by atoms with Gasteiger partial charge in [0.1, 0.15) is 5.69 Å². The maximum absolute atomic E-state index is 12.8. The fourth-order valence-corrected chi connectivity index (χ4v) is 1.78. The molecule has 0 spiro atoms. The highest BCUT2D eigenvalue weighted by molar-refractivity contribution is 5.85. The molecule has 0 saturated carbocycles. The third kappa shape index (κ3) is 1.55. The van der Waals surface area contributed by atoms with Crippen molar-refractivity contribution in [1.29, 1.82) is 0 Å². The van der Waals surface area contributed by atoms with Crippen LogP contribution in [-0.2, 0) is 19.8 Å². The second kappa shape index (κ2) is 3.48. The molecule has 0 aliphatic heterocycles. The van der Waals surface area contributed by atoms with E-state index in [9.17, 15) is 13.2 Å². The lowest BCUT2D eigenvalue weighted by Crippen LogP contribution is -2.11. The molecule has 86 valence electrons. The Bertz CT molecular complexity index is 528. The molecular formula is C10H10F3N3. The summed E-state index contributed by atoms with van der Waals surface area (Å²) in [7, 11) is 1.28. The highest BCUT2D eigenvalue weighted by Crippen LogP contribution is 2.35. The molecule has 0 unspecified atom stereocenters. The van der Waals surface area contributed by atoms with Gasteiger partial charge in [0.25, 0.3) is 0 Å². The minimum atomic E-state index is -4.41. The van der Waals surface area contributed by atoms with E-state index in [1.54, 1.807) is 12.1 Å². The van der Waals surface area contributed by atoms with Gasteiger partial charge >= 0.3 is 6.18 Å². The summed E-state index contributed by atoms with van der Waals surface area (Å²) in [6, 6.07) is 4.64. The van der Waals surface area contributed by atoms with Gasteiger partial charge in [0.15, 0.2) is 0 Å². The standard InChI is InChI=1S/C10H10F3N3/c1-16-9(10(11,12)13)7-4-2-3-6(5-14)8(7)15-16/h2-4H,5,14H2,1H3. The monoisotopic (exact) mass is 229 g/mol. The number of hydrogen-bond acceptors (Lipinski definition) is 2. The van der Waals surface area contributed by atoms with E-state index in [4.69, 9.17) is 5.73 Å². The molecule has 0 bridgehead atoms. The van der Waals surface area contributed by atoms with Crippen molar-refractivity contribution in [3.05, 3.63) is 29.5 Å². The zero-order valence-corrected chi connectivity index (χ0v) is 8.54. The Kier molecular flexibility index (Phi) is 2.38. The number of nitrogens with zero attached hydrogens (tertiary/aromatic N) is 2. The number of halogens is 3. The van der Waals surface area contributed by atoms with E-state index in [1.807, 2.05) is 0 Å². The topological polar surface area (TPSA) is 43.8 Å². The van der Waals surface area contributed by atoms with Crippen LogP contribution >= 0.6 is 0 Å². The largest absolute Gasteiger partial charge is 0.433 e. The molecule has 1 aromatic carbocycles. The minimum Gasteiger partial charge on any atom is -0.326 e. The van der Waals surface area contributed by atoms with E-state index in [1.165, 1.54) is 13.1 Å². The van der Waals surface area contributed by atoms with Gasteiger partial charge in [-0.2, -0.15) is 18.3 Å². The van der Waals surface area contributed by atoms with Crippen molar-refractivity contribution in [3.63, 3.8) is 0 Å². The summed E-state index contributed by atoms with van der Waals surface area (Å²) in [4.78, 5) is 0. The lowest BCUT2D eigenvalue weighted by molar-refractivity contribution is -0.142. The van der Waals surface area contributed by atoms with Crippen molar-refractivity contribution in [2.75, 3.05) is 0 Å². The van der Waals surface area contributed by atoms with Crippen LogP contribution in [0.3, 0.4) is 0 Å². The maximum Gasteiger partial charge on any atom is 0.433 e. The summed E-state index contributed by atoms with van der Waals surface area (Å²) in [5, 5.41) is 3.96. The molecule has 0 aliphatic carbocycles. The number of aromatic nitrogens is 2. The normalized spacial score (nSPS) is 12.3. The van der Waals surface area contributed by atoms with Crippen LogP contribution in [0.4, 0.5) is 13.2 Å². The molecule has 3 nitrogen and oxygen atoms in total. The Morgan fingerprint density at radius 1 is 1.38 bits per heavy atom. The van der Waals surface area contributed by atoms with Gasteiger partial charge in [0, 0.05) is 19.0 Å².